The number of benzene rings is 2. The smallest absolute Gasteiger partial charge is 0.271 e. The van der Waals surface area contributed by atoms with Gasteiger partial charge in [0, 0.05) is 16.1 Å². The monoisotopic (exact) mass is 302 g/mol. The molecule has 0 unspecified atom stereocenters. The molecule has 0 saturated carbocycles. The number of nitrogens with one attached hydrogen (secondary N) is 1. The molecular weight excluding hydrogens is 288 g/mol. The summed E-state index contributed by atoms with van der Waals surface area (Å²) in [5.41, 5.74) is 3.71. The van der Waals surface area contributed by atoms with Crippen LogP contribution >= 0.6 is 11.6 Å². The highest BCUT2D eigenvalue weighted by atomic mass is 35.5. The van der Waals surface area contributed by atoms with Crippen molar-refractivity contribution in [2.24, 2.45) is 5.10 Å². The van der Waals surface area contributed by atoms with E-state index in [-0.39, 0.29) is 5.91 Å². The fourth-order valence-corrected chi connectivity index (χ4v) is 1.86. The summed E-state index contributed by atoms with van der Waals surface area (Å²) in [6.45, 7) is 2.50. The third-order valence-corrected chi connectivity index (χ3v) is 3.05. The topological polar surface area (TPSA) is 50.7 Å². The number of hydrogen-bond acceptors (Lipinski definition) is 3. The molecule has 0 aliphatic heterocycles. The van der Waals surface area contributed by atoms with E-state index in [1.807, 2.05) is 25.1 Å². The maximum atomic E-state index is 11.9. The first-order valence-electron chi connectivity index (χ1n) is 6.51. The van der Waals surface area contributed by atoms with Crippen LogP contribution in [0.25, 0.3) is 0 Å². The number of hydrogen-bond donors (Lipinski definition) is 1. The standard InChI is InChI=1S/C16H15ClN2O2/c1-2-21-14-9-7-12(8-10-14)16(20)19-18-11-13-5-3-4-6-15(13)17/h3-11H,2H2,1H3,(H,19,20)/b18-11+. The molecule has 0 aliphatic rings. The highest BCUT2D eigenvalue weighted by Gasteiger charge is 2.04. The Labute approximate surface area is 128 Å². The Morgan fingerprint density at radius 1 is 1.24 bits per heavy atom. The third kappa shape index (κ3) is 4.33. The first-order chi connectivity index (χ1) is 10.2. The molecule has 5 heteroatoms. The van der Waals surface area contributed by atoms with Crippen LogP contribution in [0.15, 0.2) is 53.6 Å². The minimum atomic E-state index is -0.290. The van der Waals surface area contributed by atoms with Gasteiger partial charge < -0.3 is 4.74 Å². The predicted molar refractivity (Wildman–Crippen MR) is 84.1 cm³/mol. The third-order valence-electron chi connectivity index (χ3n) is 2.70. The van der Waals surface area contributed by atoms with Crippen LogP contribution in [0.5, 0.6) is 5.75 Å². The van der Waals surface area contributed by atoms with Gasteiger partial charge in [0.25, 0.3) is 5.91 Å². The molecule has 0 heterocycles. The summed E-state index contributed by atoms with van der Waals surface area (Å²) in [5, 5.41) is 4.48. The van der Waals surface area contributed by atoms with E-state index >= 15 is 0 Å². The summed E-state index contributed by atoms with van der Waals surface area (Å²) < 4.78 is 5.32. The Hall–Kier alpha value is -2.33. The van der Waals surface area contributed by atoms with Crippen LogP contribution in [0.4, 0.5) is 0 Å². The Morgan fingerprint density at radius 3 is 2.62 bits per heavy atom. The number of carbonyl (C=O) groups is 1. The minimum absolute atomic E-state index is 0.290. The summed E-state index contributed by atoms with van der Waals surface area (Å²) >= 11 is 5.99. The molecule has 4 nitrogen and oxygen atoms in total. The fourth-order valence-electron chi connectivity index (χ4n) is 1.67. The van der Waals surface area contributed by atoms with E-state index < -0.39 is 0 Å². The fraction of sp³-hybridized carbons (Fsp3) is 0.125. The lowest BCUT2D eigenvalue weighted by molar-refractivity contribution is 0.0955. The van der Waals surface area contributed by atoms with Gasteiger partial charge in [-0.05, 0) is 37.3 Å². The maximum Gasteiger partial charge on any atom is 0.271 e. The molecule has 1 amide bonds. The average Bonchev–Trinajstić information content (AvgIpc) is 2.50. The lowest BCUT2D eigenvalue weighted by atomic mass is 10.2. The number of nitrogens with zero attached hydrogens (tertiary/aromatic N) is 1. The van der Waals surface area contributed by atoms with Crippen molar-refractivity contribution in [1.82, 2.24) is 5.43 Å². The zero-order valence-electron chi connectivity index (χ0n) is 11.5. The van der Waals surface area contributed by atoms with E-state index in [0.29, 0.717) is 17.2 Å². The first kappa shape index (κ1) is 15.1. The van der Waals surface area contributed by atoms with Gasteiger partial charge in [-0.3, -0.25) is 4.79 Å². The van der Waals surface area contributed by atoms with Gasteiger partial charge in [0.1, 0.15) is 5.75 Å². The van der Waals surface area contributed by atoms with Crippen LogP contribution in [0.2, 0.25) is 5.02 Å². The highest BCUT2D eigenvalue weighted by molar-refractivity contribution is 6.33. The number of carbonyl (C=O) groups excluding carboxylic acids is 1. The Morgan fingerprint density at radius 2 is 1.95 bits per heavy atom. The van der Waals surface area contributed by atoms with Crippen LogP contribution < -0.4 is 10.2 Å². The zero-order chi connectivity index (χ0) is 15.1. The normalized spacial score (nSPS) is 10.6. The van der Waals surface area contributed by atoms with Crippen LogP contribution in [0.3, 0.4) is 0 Å². The number of rotatable bonds is 5. The second kappa shape index (κ2) is 7.45. The van der Waals surface area contributed by atoms with Gasteiger partial charge in [-0.25, -0.2) is 5.43 Å². The largest absolute Gasteiger partial charge is 0.494 e. The number of hydrazone groups is 1. The molecule has 0 spiro atoms. The van der Waals surface area contributed by atoms with Crippen molar-refractivity contribution in [3.8, 4) is 5.75 Å². The van der Waals surface area contributed by atoms with E-state index in [0.717, 1.165) is 11.3 Å². The van der Waals surface area contributed by atoms with Crippen LogP contribution in [0, 0.1) is 0 Å². The zero-order valence-corrected chi connectivity index (χ0v) is 12.3. The summed E-state index contributed by atoms with van der Waals surface area (Å²) in [5.74, 6) is 0.440. The van der Waals surface area contributed by atoms with Crippen LogP contribution in [-0.2, 0) is 0 Å². The highest BCUT2D eigenvalue weighted by Crippen LogP contribution is 2.13. The van der Waals surface area contributed by atoms with E-state index in [2.05, 4.69) is 10.5 Å². The molecule has 0 atom stereocenters. The number of amides is 1. The van der Waals surface area contributed by atoms with Crippen molar-refractivity contribution in [2.75, 3.05) is 6.61 Å². The van der Waals surface area contributed by atoms with Crippen LogP contribution in [0.1, 0.15) is 22.8 Å². The van der Waals surface area contributed by atoms with Gasteiger partial charge in [-0.1, -0.05) is 29.8 Å². The van der Waals surface area contributed by atoms with E-state index in [4.69, 9.17) is 16.3 Å². The van der Waals surface area contributed by atoms with Gasteiger partial charge in [0.05, 0.1) is 12.8 Å². The molecule has 2 rings (SSSR count). The van der Waals surface area contributed by atoms with Gasteiger partial charge >= 0.3 is 0 Å². The van der Waals surface area contributed by atoms with E-state index in [1.165, 1.54) is 6.21 Å². The van der Waals surface area contributed by atoms with Gasteiger partial charge in [0.2, 0.25) is 0 Å². The molecule has 2 aromatic rings. The molecule has 0 aromatic heterocycles. The first-order valence-corrected chi connectivity index (χ1v) is 6.89. The van der Waals surface area contributed by atoms with E-state index in [1.54, 1.807) is 30.3 Å². The lowest BCUT2D eigenvalue weighted by Gasteiger charge is -2.04. The Kier molecular flexibility index (Phi) is 5.35. The second-order valence-corrected chi connectivity index (χ2v) is 4.59. The molecule has 0 radical (unpaired) electrons. The molecule has 2 aromatic carbocycles. The van der Waals surface area contributed by atoms with Crippen molar-refractivity contribution < 1.29 is 9.53 Å². The minimum Gasteiger partial charge on any atom is -0.494 e. The molecule has 1 N–H and O–H groups in total. The second-order valence-electron chi connectivity index (χ2n) is 4.18. The number of ether oxygens (including phenoxy) is 1. The quantitative estimate of drug-likeness (QED) is 0.679. The predicted octanol–water partition coefficient (Wildman–Crippen LogP) is 3.50. The van der Waals surface area contributed by atoms with Crippen molar-refractivity contribution in [2.45, 2.75) is 6.92 Å². The van der Waals surface area contributed by atoms with Crippen molar-refractivity contribution in [1.29, 1.82) is 0 Å². The average molecular weight is 303 g/mol. The SMILES string of the molecule is CCOc1ccc(C(=O)N/N=C/c2ccccc2Cl)cc1. The molecule has 0 bridgehead atoms. The summed E-state index contributed by atoms with van der Waals surface area (Å²) in [6, 6.07) is 14.1. The Bertz CT molecular complexity index is 639. The van der Waals surface area contributed by atoms with Crippen molar-refractivity contribution in [3.05, 3.63) is 64.7 Å². The van der Waals surface area contributed by atoms with Gasteiger partial charge in [-0.15, -0.1) is 0 Å². The molecule has 0 fully saturated rings. The molecule has 0 aliphatic carbocycles. The molecule has 21 heavy (non-hydrogen) atoms. The molecule has 0 saturated heterocycles. The molecular formula is C16H15ClN2O2. The maximum absolute atomic E-state index is 11.9. The van der Waals surface area contributed by atoms with Crippen molar-refractivity contribution >= 4 is 23.7 Å². The number of halogens is 1. The van der Waals surface area contributed by atoms with Gasteiger partial charge in [-0.2, -0.15) is 5.10 Å². The summed E-state index contributed by atoms with van der Waals surface area (Å²) in [7, 11) is 0. The van der Waals surface area contributed by atoms with E-state index in [9.17, 15) is 4.79 Å². The summed E-state index contributed by atoms with van der Waals surface area (Å²) in [6.07, 6.45) is 1.51. The van der Waals surface area contributed by atoms with Gasteiger partial charge in [0.15, 0.2) is 0 Å². The Balaban J connectivity index is 1.97. The molecule has 108 valence electrons. The van der Waals surface area contributed by atoms with Crippen LogP contribution in [-0.4, -0.2) is 18.7 Å². The summed E-state index contributed by atoms with van der Waals surface area (Å²) in [4.78, 5) is 11.9. The lowest BCUT2D eigenvalue weighted by Crippen LogP contribution is -2.17. The van der Waals surface area contributed by atoms with Crippen molar-refractivity contribution in [3.63, 3.8) is 0 Å².